The van der Waals surface area contributed by atoms with Gasteiger partial charge in [0, 0.05) is 25.6 Å². The van der Waals surface area contributed by atoms with Crippen molar-refractivity contribution >= 4 is 23.6 Å². The van der Waals surface area contributed by atoms with E-state index in [-0.39, 0.29) is 30.9 Å². The lowest BCUT2D eigenvalue weighted by Gasteiger charge is -2.38. The van der Waals surface area contributed by atoms with Crippen molar-refractivity contribution < 1.29 is 23.5 Å². The first kappa shape index (κ1) is 21.8. The Balaban J connectivity index is 1.43. The number of benzene rings is 2. The minimum atomic E-state index is -0.572. The van der Waals surface area contributed by atoms with Gasteiger partial charge in [-0.15, -0.1) is 0 Å². The van der Waals surface area contributed by atoms with E-state index in [4.69, 9.17) is 10.5 Å². The van der Waals surface area contributed by atoms with Gasteiger partial charge in [0.2, 0.25) is 11.8 Å². The molecule has 2 atom stereocenters. The zero-order valence-electron chi connectivity index (χ0n) is 17.7. The van der Waals surface area contributed by atoms with E-state index in [2.05, 4.69) is 5.32 Å². The van der Waals surface area contributed by atoms with Gasteiger partial charge in [-0.05, 0) is 35.7 Å². The standard InChI is InChI=1S/C23H25FN4O4/c1-14(29)26-11-18-13-28(23(31)32-18)17-6-7-19(20(24)10-17)16-4-2-15(3-5-16)12-27-9-8-21(27)22(25)30/h2-7,10,18,21H,8-9,11-13H2,1H3,(H2,25,30)(H,26,29)/t18-,21?/m0/s1. The van der Waals surface area contributed by atoms with Crippen LogP contribution in [0.3, 0.4) is 0 Å². The van der Waals surface area contributed by atoms with Crippen LogP contribution in [-0.2, 0) is 20.9 Å². The maximum Gasteiger partial charge on any atom is 0.414 e. The Morgan fingerprint density at radius 2 is 1.97 bits per heavy atom. The summed E-state index contributed by atoms with van der Waals surface area (Å²) in [6, 6.07) is 11.9. The summed E-state index contributed by atoms with van der Waals surface area (Å²) in [7, 11) is 0. The molecule has 2 aromatic carbocycles. The minimum absolute atomic E-state index is 0.210. The van der Waals surface area contributed by atoms with Crippen molar-refractivity contribution in [3.63, 3.8) is 0 Å². The zero-order valence-corrected chi connectivity index (χ0v) is 17.7. The SMILES string of the molecule is CC(=O)NC[C@H]1CN(c2ccc(-c3ccc(CN4CCC4C(N)=O)cc3)c(F)c2)C(=O)O1. The molecule has 0 aliphatic carbocycles. The number of carbonyl (C=O) groups excluding carboxylic acids is 3. The van der Waals surface area contributed by atoms with E-state index >= 15 is 0 Å². The summed E-state index contributed by atoms with van der Waals surface area (Å²) in [5.74, 6) is -0.971. The lowest BCUT2D eigenvalue weighted by Crippen LogP contribution is -2.54. The number of nitrogens with one attached hydrogen (secondary N) is 1. The summed E-state index contributed by atoms with van der Waals surface area (Å²) in [5, 5.41) is 2.61. The number of nitrogens with zero attached hydrogens (tertiary/aromatic N) is 2. The summed E-state index contributed by atoms with van der Waals surface area (Å²) in [6.45, 7) is 3.28. The summed E-state index contributed by atoms with van der Waals surface area (Å²) in [5.41, 5.74) is 7.93. The molecule has 0 spiro atoms. The normalized spacial score (nSPS) is 20.6. The quantitative estimate of drug-likeness (QED) is 0.685. The van der Waals surface area contributed by atoms with Crippen LogP contribution in [0, 0.1) is 5.82 Å². The van der Waals surface area contributed by atoms with Crippen molar-refractivity contribution in [3.8, 4) is 11.1 Å². The average molecular weight is 440 g/mol. The molecule has 0 radical (unpaired) electrons. The first-order valence-corrected chi connectivity index (χ1v) is 10.5. The highest BCUT2D eigenvalue weighted by atomic mass is 19.1. The fraction of sp³-hybridized carbons (Fsp3) is 0.348. The number of cyclic esters (lactones) is 1. The first-order chi connectivity index (χ1) is 15.3. The Morgan fingerprint density at radius 3 is 2.56 bits per heavy atom. The number of amides is 3. The van der Waals surface area contributed by atoms with Crippen LogP contribution in [0.1, 0.15) is 18.9 Å². The first-order valence-electron chi connectivity index (χ1n) is 10.5. The Morgan fingerprint density at radius 1 is 1.22 bits per heavy atom. The Bertz CT molecular complexity index is 1040. The van der Waals surface area contributed by atoms with E-state index in [9.17, 15) is 18.8 Å². The second kappa shape index (κ2) is 8.96. The van der Waals surface area contributed by atoms with Gasteiger partial charge in [0.1, 0.15) is 11.9 Å². The molecule has 0 bridgehead atoms. The van der Waals surface area contributed by atoms with E-state index in [0.29, 0.717) is 23.4 Å². The van der Waals surface area contributed by atoms with Gasteiger partial charge in [-0.1, -0.05) is 24.3 Å². The lowest BCUT2D eigenvalue weighted by molar-refractivity contribution is -0.127. The van der Waals surface area contributed by atoms with E-state index in [1.165, 1.54) is 17.9 Å². The number of carbonyl (C=O) groups is 3. The number of halogens is 1. The average Bonchev–Trinajstić information content (AvgIpc) is 3.10. The molecular weight excluding hydrogens is 415 g/mol. The number of hydrogen-bond donors (Lipinski definition) is 2. The smallest absolute Gasteiger partial charge is 0.414 e. The highest BCUT2D eigenvalue weighted by Crippen LogP contribution is 2.30. The molecule has 3 N–H and O–H groups in total. The summed E-state index contributed by atoms with van der Waals surface area (Å²) >= 11 is 0. The highest BCUT2D eigenvalue weighted by Gasteiger charge is 2.33. The minimum Gasteiger partial charge on any atom is -0.442 e. The van der Waals surface area contributed by atoms with Crippen LogP contribution in [0.4, 0.5) is 14.9 Å². The molecule has 2 aromatic rings. The number of ether oxygens (including phenoxy) is 1. The van der Waals surface area contributed by atoms with E-state index in [1.807, 2.05) is 29.2 Å². The van der Waals surface area contributed by atoms with Crippen LogP contribution in [0.5, 0.6) is 0 Å². The van der Waals surface area contributed by atoms with Crippen LogP contribution in [0.15, 0.2) is 42.5 Å². The van der Waals surface area contributed by atoms with Gasteiger partial charge < -0.3 is 15.8 Å². The molecule has 0 aromatic heterocycles. The molecule has 1 unspecified atom stereocenters. The summed E-state index contributed by atoms with van der Waals surface area (Å²) in [4.78, 5) is 37.9. The van der Waals surface area contributed by atoms with E-state index in [1.54, 1.807) is 12.1 Å². The predicted octanol–water partition coefficient (Wildman–Crippen LogP) is 2.01. The third-order valence-corrected chi connectivity index (χ3v) is 5.83. The van der Waals surface area contributed by atoms with Gasteiger partial charge in [0.25, 0.3) is 0 Å². The maximum absolute atomic E-state index is 14.9. The Hall–Kier alpha value is -3.46. The zero-order chi connectivity index (χ0) is 22.8. The molecule has 2 saturated heterocycles. The summed E-state index contributed by atoms with van der Waals surface area (Å²) in [6.07, 6.45) is -0.275. The molecule has 0 saturated carbocycles. The number of nitrogens with two attached hydrogens (primary N) is 1. The van der Waals surface area contributed by atoms with Crippen molar-refractivity contribution in [1.82, 2.24) is 10.2 Å². The molecule has 2 heterocycles. The van der Waals surface area contributed by atoms with Gasteiger partial charge >= 0.3 is 6.09 Å². The third kappa shape index (κ3) is 4.57. The van der Waals surface area contributed by atoms with Gasteiger partial charge in [-0.25, -0.2) is 9.18 Å². The topological polar surface area (TPSA) is 105 Å². The van der Waals surface area contributed by atoms with E-state index < -0.39 is 18.0 Å². The van der Waals surface area contributed by atoms with Crippen molar-refractivity contribution in [3.05, 3.63) is 53.8 Å². The third-order valence-electron chi connectivity index (χ3n) is 5.83. The van der Waals surface area contributed by atoms with Crippen molar-refractivity contribution in [2.45, 2.75) is 32.0 Å². The number of rotatable bonds is 7. The van der Waals surface area contributed by atoms with Crippen molar-refractivity contribution in [1.29, 1.82) is 0 Å². The van der Waals surface area contributed by atoms with Gasteiger partial charge in [-0.3, -0.25) is 19.4 Å². The summed E-state index contributed by atoms with van der Waals surface area (Å²) < 4.78 is 20.1. The second-order valence-electron chi connectivity index (χ2n) is 8.09. The number of primary amides is 1. The number of likely N-dealkylation sites (tertiary alicyclic amines) is 1. The highest BCUT2D eigenvalue weighted by molar-refractivity contribution is 5.90. The second-order valence-corrected chi connectivity index (χ2v) is 8.09. The van der Waals surface area contributed by atoms with Gasteiger partial charge in [-0.2, -0.15) is 0 Å². The van der Waals surface area contributed by atoms with Gasteiger partial charge in [0.15, 0.2) is 0 Å². The fourth-order valence-electron chi connectivity index (χ4n) is 3.98. The largest absolute Gasteiger partial charge is 0.442 e. The molecule has 2 aliphatic heterocycles. The van der Waals surface area contributed by atoms with Crippen LogP contribution in [-0.4, -0.2) is 54.6 Å². The van der Waals surface area contributed by atoms with Crippen molar-refractivity contribution in [2.24, 2.45) is 5.73 Å². The monoisotopic (exact) mass is 440 g/mol. The molecule has 2 fully saturated rings. The molecule has 168 valence electrons. The predicted molar refractivity (Wildman–Crippen MR) is 116 cm³/mol. The van der Waals surface area contributed by atoms with Crippen LogP contribution >= 0.6 is 0 Å². The molecule has 4 rings (SSSR count). The molecule has 2 aliphatic rings. The maximum atomic E-state index is 14.9. The lowest BCUT2D eigenvalue weighted by atomic mass is 9.99. The fourth-order valence-corrected chi connectivity index (χ4v) is 3.98. The molecule has 9 heteroatoms. The van der Waals surface area contributed by atoms with Gasteiger partial charge in [0.05, 0.1) is 24.8 Å². The molecule has 8 nitrogen and oxygen atoms in total. The molecule has 32 heavy (non-hydrogen) atoms. The Kier molecular flexibility index (Phi) is 6.09. The molecular formula is C23H25FN4O4. The van der Waals surface area contributed by atoms with Crippen molar-refractivity contribution in [2.75, 3.05) is 24.5 Å². The number of anilines is 1. The van der Waals surface area contributed by atoms with E-state index in [0.717, 1.165) is 18.5 Å². The molecule has 3 amide bonds. The van der Waals surface area contributed by atoms with Crippen LogP contribution in [0.2, 0.25) is 0 Å². The Labute approximate surface area is 185 Å². The van der Waals surface area contributed by atoms with Crippen LogP contribution in [0.25, 0.3) is 11.1 Å². The van der Waals surface area contributed by atoms with Crippen LogP contribution < -0.4 is 16.0 Å². The number of hydrogen-bond acceptors (Lipinski definition) is 5.